The molecule has 4 unspecified atom stereocenters. The van der Waals surface area contributed by atoms with Crippen molar-refractivity contribution in [3.8, 4) is 0 Å². The molecule has 6 heteroatoms. The van der Waals surface area contributed by atoms with Crippen LogP contribution in [0, 0.1) is 17.8 Å². The van der Waals surface area contributed by atoms with Gasteiger partial charge in [0.05, 0.1) is 12.2 Å². The second kappa shape index (κ2) is 8.64. The summed E-state index contributed by atoms with van der Waals surface area (Å²) in [5.41, 5.74) is 0. The number of carbonyl (C=O) groups is 1. The van der Waals surface area contributed by atoms with Gasteiger partial charge < -0.3 is 15.3 Å². The highest BCUT2D eigenvalue weighted by Gasteiger charge is 2.54. The second-order valence-electron chi connectivity index (χ2n) is 8.61. The van der Waals surface area contributed by atoms with Crippen LogP contribution in [0.25, 0.3) is 0 Å². The first-order chi connectivity index (χ1) is 12.8. The Hall–Kier alpha value is -0.880. The molecule has 3 fully saturated rings. The van der Waals surface area contributed by atoms with E-state index in [4.69, 9.17) is 11.6 Å². The summed E-state index contributed by atoms with van der Waals surface area (Å²) < 4.78 is 0. The Morgan fingerprint density at radius 3 is 2.74 bits per heavy atom. The normalized spacial score (nSPS) is 39.4. The number of hydrogen-bond acceptors (Lipinski definition) is 4. The number of aliphatic hydroxyl groups excluding tert-OH is 2. The first-order valence-electron chi connectivity index (χ1n) is 10.2. The molecular formula is C21H32ClNO4. The van der Waals surface area contributed by atoms with Crippen molar-refractivity contribution in [2.24, 2.45) is 17.8 Å². The Morgan fingerprint density at radius 1 is 1.33 bits per heavy atom. The van der Waals surface area contributed by atoms with Crippen molar-refractivity contribution in [3.63, 3.8) is 0 Å². The van der Waals surface area contributed by atoms with Gasteiger partial charge in [-0.25, -0.2) is 0 Å². The van der Waals surface area contributed by atoms with E-state index in [1.807, 2.05) is 32.1 Å². The molecular weight excluding hydrogens is 366 g/mol. The average Bonchev–Trinajstić information content (AvgIpc) is 3.11. The molecule has 0 spiro atoms. The van der Waals surface area contributed by atoms with Gasteiger partial charge in [-0.05, 0) is 57.3 Å². The zero-order chi connectivity index (χ0) is 19.7. The third-order valence-electron chi connectivity index (χ3n) is 6.81. The molecule has 3 N–H and O–H groups in total. The molecule has 0 aromatic heterocycles. The number of rotatable bonds is 6. The van der Waals surface area contributed by atoms with Crippen molar-refractivity contribution in [2.75, 3.05) is 0 Å². The van der Waals surface area contributed by atoms with Gasteiger partial charge in [-0.3, -0.25) is 9.69 Å². The monoisotopic (exact) mass is 397 g/mol. The largest absolute Gasteiger partial charge is 0.480 e. The Balaban J connectivity index is 1.68. The number of nitrogens with zero attached hydrogens (tertiary/aromatic N) is 1. The summed E-state index contributed by atoms with van der Waals surface area (Å²) in [5.74, 6) is -0.424. The van der Waals surface area contributed by atoms with E-state index in [0.29, 0.717) is 25.3 Å². The van der Waals surface area contributed by atoms with Crippen LogP contribution in [0.3, 0.4) is 0 Å². The van der Waals surface area contributed by atoms with E-state index in [9.17, 15) is 20.1 Å². The summed E-state index contributed by atoms with van der Waals surface area (Å²) in [6, 6.07) is 0.0428. The number of fused-ring (bicyclic) bond motifs is 3. The van der Waals surface area contributed by atoms with E-state index in [2.05, 4.69) is 4.90 Å². The number of halogens is 1. The lowest BCUT2D eigenvalue weighted by atomic mass is 9.88. The summed E-state index contributed by atoms with van der Waals surface area (Å²) in [4.78, 5) is 13.9. The smallest absolute Gasteiger partial charge is 0.320 e. The van der Waals surface area contributed by atoms with Gasteiger partial charge in [0.1, 0.15) is 6.04 Å². The molecule has 152 valence electrons. The number of piperidine rings is 1. The van der Waals surface area contributed by atoms with E-state index in [0.717, 1.165) is 24.3 Å². The lowest BCUT2D eigenvalue weighted by Crippen LogP contribution is -2.51. The second-order valence-corrected chi connectivity index (χ2v) is 9.21. The molecule has 3 rings (SSSR count). The van der Waals surface area contributed by atoms with E-state index in [-0.39, 0.29) is 23.8 Å². The molecule has 5 nitrogen and oxygen atoms in total. The molecule has 1 aliphatic carbocycles. The molecule has 0 aromatic rings. The van der Waals surface area contributed by atoms with Crippen molar-refractivity contribution in [2.45, 2.75) is 82.7 Å². The molecule has 2 heterocycles. The van der Waals surface area contributed by atoms with Gasteiger partial charge in [0, 0.05) is 23.0 Å². The fourth-order valence-electron chi connectivity index (χ4n) is 5.37. The van der Waals surface area contributed by atoms with E-state index in [1.54, 1.807) is 0 Å². The third-order valence-corrected chi connectivity index (χ3v) is 6.96. The predicted octanol–water partition coefficient (Wildman–Crippen LogP) is 3.15. The number of aliphatic hydroxyl groups is 2. The van der Waals surface area contributed by atoms with Crippen LogP contribution < -0.4 is 0 Å². The SMILES string of the molecule is C/C(Cl)=C/CC(C)[C@H](O)/C=C/[C@H]1[C@H](O)CC2[C@@H]1CC1CCCC(C(=O)O)N12. The average molecular weight is 398 g/mol. The molecule has 27 heavy (non-hydrogen) atoms. The standard InChI is InChI=1S/C21H32ClNO4/c1-12(6-7-13(2)22)19(24)9-8-15-16-10-14-4-3-5-17(21(26)27)23(14)18(16)11-20(15)25/h7-9,12,14-20,24-25H,3-6,10-11H2,1-2H3,(H,26,27)/b9-8+,13-7-/t12?,14?,15-,16-,17?,18?,19-,20-/m1/s1. The van der Waals surface area contributed by atoms with Crippen LogP contribution in [0.15, 0.2) is 23.3 Å². The fraction of sp³-hybridized carbons (Fsp3) is 0.762. The van der Waals surface area contributed by atoms with Crippen molar-refractivity contribution < 1.29 is 20.1 Å². The first-order valence-corrected chi connectivity index (χ1v) is 10.5. The van der Waals surface area contributed by atoms with E-state index >= 15 is 0 Å². The molecule has 0 amide bonds. The predicted molar refractivity (Wildman–Crippen MR) is 105 cm³/mol. The zero-order valence-corrected chi connectivity index (χ0v) is 16.9. The van der Waals surface area contributed by atoms with Gasteiger partial charge in [0.25, 0.3) is 0 Å². The first kappa shape index (κ1) is 20.8. The zero-order valence-electron chi connectivity index (χ0n) is 16.2. The van der Waals surface area contributed by atoms with Crippen LogP contribution in [-0.4, -0.2) is 56.5 Å². The van der Waals surface area contributed by atoms with Crippen molar-refractivity contribution in [3.05, 3.63) is 23.3 Å². The van der Waals surface area contributed by atoms with Gasteiger partial charge in [-0.15, -0.1) is 0 Å². The lowest BCUT2D eigenvalue weighted by molar-refractivity contribution is -0.146. The van der Waals surface area contributed by atoms with E-state index in [1.165, 1.54) is 0 Å². The summed E-state index contributed by atoms with van der Waals surface area (Å²) >= 11 is 5.86. The summed E-state index contributed by atoms with van der Waals surface area (Å²) in [5, 5.41) is 31.3. The molecule has 0 radical (unpaired) electrons. The molecule has 3 aliphatic rings. The van der Waals surface area contributed by atoms with Crippen molar-refractivity contribution in [1.82, 2.24) is 4.90 Å². The highest BCUT2D eigenvalue weighted by molar-refractivity contribution is 6.29. The third kappa shape index (κ3) is 4.42. The van der Waals surface area contributed by atoms with Crippen LogP contribution >= 0.6 is 11.6 Å². The van der Waals surface area contributed by atoms with Crippen LogP contribution in [0.2, 0.25) is 0 Å². The van der Waals surface area contributed by atoms with Gasteiger partial charge in [-0.1, -0.05) is 36.8 Å². The topological polar surface area (TPSA) is 81.0 Å². The number of allylic oxidation sites excluding steroid dienone is 2. The molecule has 2 aliphatic heterocycles. The number of hydrogen-bond donors (Lipinski definition) is 3. The van der Waals surface area contributed by atoms with Gasteiger partial charge in [0.15, 0.2) is 0 Å². The van der Waals surface area contributed by atoms with Crippen LogP contribution in [-0.2, 0) is 4.79 Å². The maximum Gasteiger partial charge on any atom is 0.320 e. The Kier molecular flexibility index (Phi) is 6.67. The van der Waals surface area contributed by atoms with E-state index < -0.39 is 24.2 Å². The minimum Gasteiger partial charge on any atom is -0.480 e. The van der Waals surface area contributed by atoms with Crippen LogP contribution in [0.5, 0.6) is 0 Å². The highest BCUT2D eigenvalue weighted by Crippen LogP contribution is 2.49. The van der Waals surface area contributed by atoms with Crippen molar-refractivity contribution in [1.29, 1.82) is 0 Å². The van der Waals surface area contributed by atoms with Gasteiger partial charge in [-0.2, -0.15) is 0 Å². The van der Waals surface area contributed by atoms with Gasteiger partial charge in [0.2, 0.25) is 0 Å². The van der Waals surface area contributed by atoms with Crippen LogP contribution in [0.1, 0.15) is 52.4 Å². The Labute approximate surface area is 166 Å². The lowest BCUT2D eigenvalue weighted by Gasteiger charge is -2.38. The number of carboxylic acids is 1. The molecule has 0 bridgehead atoms. The quantitative estimate of drug-likeness (QED) is 0.600. The van der Waals surface area contributed by atoms with Gasteiger partial charge >= 0.3 is 5.97 Å². The fourth-order valence-corrected chi connectivity index (χ4v) is 5.46. The highest BCUT2D eigenvalue weighted by atomic mass is 35.5. The minimum atomic E-state index is -0.735. The number of aliphatic carboxylic acids is 1. The number of carboxylic acid groups (broad SMARTS) is 1. The van der Waals surface area contributed by atoms with Crippen LogP contribution in [0.4, 0.5) is 0 Å². The van der Waals surface area contributed by atoms with Crippen molar-refractivity contribution >= 4 is 17.6 Å². The minimum absolute atomic E-state index is 0.0119. The Morgan fingerprint density at radius 2 is 2.07 bits per heavy atom. The summed E-state index contributed by atoms with van der Waals surface area (Å²) in [6.45, 7) is 3.80. The Bertz CT molecular complexity index is 603. The molecule has 8 atom stereocenters. The summed E-state index contributed by atoms with van der Waals surface area (Å²) in [7, 11) is 0. The maximum atomic E-state index is 11.7. The molecule has 0 aromatic carbocycles. The maximum absolute atomic E-state index is 11.7. The molecule has 2 saturated heterocycles. The molecule has 1 saturated carbocycles. The summed E-state index contributed by atoms with van der Waals surface area (Å²) in [6.07, 6.45) is 9.63.